The van der Waals surface area contributed by atoms with Crippen LogP contribution >= 0.6 is 0 Å². The van der Waals surface area contributed by atoms with Crippen LogP contribution in [0.1, 0.15) is 13.3 Å². The summed E-state index contributed by atoms with van der Waals surface area (Å²) in [6.45, 7) is 3.23. The molecular formula is C11H15N5O. The van der Waals surface area contributed by atoms with Gasteiger partial charge < -0.3 is 15.4 Å². The van der Waals surface area contributed by atoms with Crippen LogP contribution in [0.25, 0.3) is 11.2 Å². The third-order valence-electron chi connectivity index (χ3n) is 3.72. The molecule has 0 aromatic carbocycles. The standard InChI is InChI=1S/C11H15N5O/c1-11(2-7(11)3-17)4-16-6-15-8-9(12)13-5-14-10(8)16/h5-7,17H,2-4H2,1H3,(H2,12,13,14). The maximum atomic E-state index is 9.16. The SMILES string of the molecule is CC1(Cn2cnc3c(N)ncnc32)CC1CO. The molecule has 1 aliphatic carbocycles. The summed E-state index contributed by atoms with van der Waals surface area (Å²) in [6, 6.07) is 0. The number of fused-ring (bicyclic) bond motifs is 1. The molecule has 2 heterocycles. The molecule has 0 bridgehead atoms. The molecule has 1 aliphatic rings. The Kier molecular flexibility index (Phi) is 2.09. The van der Waals surface area contributed by atoms with Crippen molar-refractivity contribution in [2.75, 3.05) is 12.3 Å². The minimum Gasteiger partial charge on any atom is -0.396 e. The highest BCUT2D eigenvalue weighted by Gasteiger charge is 2.49. The molecule has 0 spiro atoms. The van der Waals surface area contributed by atoms with E-state index in [-0.39, 0.29) is 12.0 Å². The molecule has 0 aliphatic heterocycles. The fraction of sp³-hybridized carbons (Fsp3) is 0.545. The average molecular weight is 233 g/mol. The molecule has 2 atom stereocenters. The largest absolute Gasteiger partial charge is 0.396 e. The molecule has 2 aromatic rings. The van der Waals surface area contributed by atoms with Gasteiger partial charge in [-0.2, -0.15) is 0 Å². The lowest BCUT2D eigenvalue weighted by Crippen LogP contribution is -2.11. The van der Waals surface area contributed by atoms with E-state index in [1.54, 1.807) is 6.33 Å². The van der Waals surface area contributed by atoms with Gasteiger partial charge in [0, 0.05) is 13.2 Å². The van der Waals surface area contributed by atoms with Crippen LogP contribution in [0.4, 0.5) is 5.82 Å². The molecule has 2 aromatic heterocycles. The van der Waals surface area contributed by atoms with Crippen molar-refractivity contribution in [2.24, 2.45) is 11.3 Å². The lowest BCUT2D eigenvalue weighted by atomic mass is 10.1. The highest BCUT2D eigenvalue weighted by molar-refractivity contribution is 5.81. The molecule has 3 N–H and O–H groups in total. The zero-order valence-electron chi connectivity index (χ0n) is 9.67. The van der Waals surface area contributed by atoms with Gasteiger partial charge in [0.05, 0.1) is 6.33 Å². The first-order valence-electron chi connectivity index (χ1n) is 5.66. The molecule has 1 fully saturated rings. The predicted octanol–water partition coefficient (Wildman–Crippen LogP) is 0.427. The van der Waals surface area contributed by atoms with E-state index in [2.05, 4.69) is 21.9 Å². The number of nitrogens with zero attached hydrogens (tertiary/aromatic N) is 4. The highest BCUT2D eigenvalue weighted by Crippen LogP contribution is 2.53. The Morgan fingerprint density at radius 1 is 1.53 bits per heavy atom. The summed E-state index contributed by atoms with van der Waals surface area (Å²) in [5, 5.41) is 9.16. The lowest BCUT2D eigenvalue weighted by Gasteiger charge is -2.11. The van der Waals surface area contributed by atoms with Crippen molar-refractivity contribution in [3.63, 3.8) is 0 Å². The topological polar surface area (TPSA) is 89.9 Å². The summed E-state index contributed by atoms with van der Waals surface area (Å²) in [5.74, 6) is 0.799. The maximum absolute atomic E-state index is 9.16. The average Bonchev–Trinajstić information content (AvgIpc) is 2.78. The number of nitrogen functional groups attached to an aromatic ring is 1. The second kappa shape index (κ2) is 3.40. The summed E-state index contributed by atoms with van der Waals surface area (Å²) in [4.78, 5) is 12.4. The minimum absolute atomic E-state index is 0.155. The first kappa shape index (κ1) is 10.5. The second-order valence-electron chi connectivity index (χ2n) is 5.04. The van der Waals surface area contributed by atoms with Crippen molar-refractivity contribution < 1.29 is 5.11 Å². The Hall–Kier alpha value is -1.69. The van der Waals surface area contributed by atoms with Crippen LogP contribution in [-0.2, 0) is 6.54 Å². The number of hydrogen-bond acceptors (Lipinski definition) is 5. The van der Waals surface area contributed by atoms with E-state index >= 15 is 0 Å². The van der Waals surface area contributed by atoms with Crippen molar-refractivity contribution in [3.05, 3.63) is 12.7 Å². The first-order chi connectivity index (χ1) is 8.14. The number of nitrogens with two attached hydrogens (primary N) is 1. The molecule has 3 rings (SSSR count). The van der Waals surface area contributed by atoms with Gasteiger partial charge in [0.15, 0.2) is 11.5 Å². The van der Waals surface area contributed by atoms with Crippen LogP contribution in [0.15, 0.2) is 12.7 Å². The fourth-order valence-corrected chi connectivity index (χ4v) is 2.39. The maximum Gasteiger partial charge on any atom is 0.165 e. The van der Waals surface area contributed by atoms with Gasteiger partial charge in [-0.15, -0.1) is 0 Å². The Morgan fingerprint density at radius 3 is 3.06 bits per heavy atom. The monoisotopic (exact) mass is 233 g/mol. The molecule has 0 amide bonds. The zero-order valence-corrected chi connectivity index (χ0v) is 9.67. The molecular weight excluding hydrogens is 218 g/mol. The van der Waals surface area contributed by atoms with Crippen LogP contribution in [0.3, 0.4) is 0 Å². The quantitative estimate of drug-likeness (QED) is 0.802. The smallest absolute Gasteiger partial charge is 0.165 e. The van der Waals surface area contributed by atoms with Crippen molar-refractivity contribution in [3.8, 4) is 0 Å². The first-order valence-corrected chi connectivity index (χ1v) is 5.66. The lowest BCUT2D eigenvalue weighted by molar-refractivity contribution is 0.246. The summed E-state index contributed by atoms with van der Waals surface area (Å²) >= 11 is 0. The molecule has 0 saturated heterocycles. The Balaban J connectivity index is 1.94. The highest BCUT2D eigenvalue weighted by atomic mass is 16.3. The summed E-state index contributed by atoms with van der Waals surface area (Å²) in [7, 11) is 0. The van der Waals surface area contributed by atoms with Gasteiger partial charge in [-0.3, -0.25) is 0 Å². The van der Waals surface area contributed by atoms with Crippen molar-refractivity contribution in [1.82, 2.24) is 19.5 Å². The molecule has 17 heavy (non-hydrogen) atoms. The normalized spacial score (nSPS) is 27.5. The van der Waals surface area contributed by atoms with Crippen LogP contribution in [0, 0.1) is 11.3 Å². The summed E-state index contributed by atoms with van der Waals surface area (Å²) in [5.41, 5.74) is 7.31. The van der Waals surface area contributed by atoms with Crippen LogP contribution in [-0.4, -0.2) is 31.2 Å². The van der Waals surface area contributed by atoms with E-state index in [9.17, 15) is 0 Å². The number of anilines is 1. The number of hydrogen-bond donors (Lipinski definition) is 2. The molecule has 6 heteroatoms. The number of imidazole rings is 1. The van der Waals surface area contributed by atoms with Crippen molar-refractivity contribution in [1.29, 1.82) is 0 Å². The molecule has 6 nitrogen and oxygen atoms in total. The van der Waals surface area contributed by atoms with E-state index in [1.165, 1.54) is 6.33 Å². The third kappa shape index (κ3) is 1.56. The number of aliphatic hydroxyl groups excluding tert-OH is 1. The van der Waals surface area contributed by atoms with Gasteiger partial charge in [-0.05, 0) is 17.8 Å². The molecule has 2 unspecified atom stereocenters. The van der Waals surface area contributed by atoms with Crippen LogP contribution < -0.4 is 5.73 Å². The minimum atomic E-state index is 0.155. The van der Waals surface area contributed by atoms with Gasteiger partial charge in [-0.1, -0.05) is 6.92 Å². The van der Waals surface area contributed by atoms with E-state index in [0.717, 1.165) is 18.6 Å². The van der Waals surface area contributed by atoms with Gasteiger partial charge in [0.2, 0.25) is 0 Å². The number of aromatic nitrogens is 4. The fourth-order valence-electron chi connectivity index (χ4n) is 2.39. The summed E-state index contributed by atoms with van der Waals surface area (Å²) < 4.78 is 1.99. The van der Waals surface area contributed by atoms with Gasteiger partial charge >= 0.3 is 0 Å². The Morgan fingerprint density at radius 2 is 2.35 bits per heavy atom. The second-order valence-corrected chi connectivity index (χ2v) is 5.04. The number of aliphatic hydroxyl groups is 1. The van der Waals surface area contributed by atoms with E-state index in [4.69, 9.17) is 10.8 Å². The Bertz CT molecular complexity index is 566. The predicted molar refractivity (Wildman–Crippen MR) is 63.0 cm³/mol. The van der Waals surface area contributed by atoms with E-state index in [0.29, 0.717) is 17.3 Å². The molecule has 1 saturated carbocycles. The van der Waals surface area contributed by atoms with Gasteiger partial charge in [-0.25, -0.2) is 15.0 Å². The zero-order chi connectivity index (χ0) is 12.0. The Labute approximate surface area is 98.5 Å². The van der Waals surface area contributed by atoms with Crippen LogP contribution in [0.5, 0.6) is 0 Å². The van der Waals surface area contributed by atoms with E-state index in [1.807, 2.05) is 4.57 Å². The number of rotatable bonds is 3. The van der Waals surface area contributed by atoms with E-state index < -0.39 is 0 Å². The van der Waals surface area contributed by atoms with Gasteiger partial charge in [0.1, 0.15) is 11.8 Å². The molecule has 0 radical (unpaired) electrons. The molecule has 90 valence electrons. The third-order valence-corrected chi connectivity index (χ3v) is 3.72. The summed E-state index contributed by atoms with van der Waals surface area (Å²) in [6.07, 6.45) is 4.24. The van der Waals surface area contributed by atoms with Gasteiger partial charge in [0.25, 0.3) is 0 Å². The van der Waals surface area contributed by atoms with Crippen molar-refractivity contribution >= 4 is 17.0 Å². The van der Waals surface area contributed by atoms with Crippen LogP contribution in [0.2, 0.25) is 0 Å². The van der Waals surface area contributed by atoms with Crippen molar-refractivity contribution in [2.45, 2.75) is 19.9 Å².